The van der Waals surface area contributed by atoms with E-state index in [-0.39, 0.29) is 11.9 Å². The van der Waals surface area contributed by atoms with Crippen molar-refractivity contribution < 1.29 is 19.1 Å². The first-order valence-electron chi connectivity index (χ1n) is 11.5. The van der Waals surface area contributed by atoms with Gasteiger partial charge in [-0.05, 0) is 43.7 Å². The van der Waals surface area contributed by atoms with Crippen LogP contribution >= 0.6 is 0 Å². The van der Waals surface area contributed by atoms with Crippen LogP contribution in [-0.2, 0) is 20.7 Å². The molecule has 1 fully saturated rings. The highest BCUT2D eigenvalue weighted by Gasteiger charge is 2.27. The Morgan fingerprint density at radius 3 is 2.64 bits per heavy atom. The van der Waals surface area contributed by atoms with Crippen LogP contribution in [0.1, 0.15) is 46.9 Å². The van der Waals surface area contributed by atoms with Crippen LogP contribution in [-0.4, -0.2) is 48.5 Å². The second kappa shape index (κ2) is 10.6. The summed E-state index contributed by atoms with van der Waals surface area (Å²) < 4.78 is 12.2. The Balaban J connectivity index is 1.57. The van der Waals surface area contributed by atoms with Crippen LogP contribution < -0.4 is 5.32 Å². The number of aromatic nitrogens is 2. The third-order valence-corrected chi connectivity index (χ3v) is 6.44. The lowest BCUT2D eigenvalue weighted by atomic mass is 9.96. The standard InChI is InChI=1S/C26H31N3O4/c1-18-21-9-6-10-22(25(30)27-14-11-19-12-15-33-16-13-19)24(21)28-29(18)23(26(31)32-2)17-20-7-4-3-5-8-20/h3-10,19,23H,11-17H2,1-2H3,(H,27,30). The summed E-state index contributed by atoms with van der Waals surface area (Å²) in [6, 6.07) is 14.7. The molecule has 1 aliphatic heterocycles. The fraction of sp³-hybridized carbons (Fsp3) is 0.423. The van der Waals surface area contributed by atoms with Gasteiger partial charge in [-0.1, -0.05) is 42.5 Å². The number of esters is 1. The van der Waals surface area contributed by atoms with Crippen molar-refractivity contribution in [1.29, 1.82) is 0 Å². The number of ether oxygens (including phenoxy) is 2. The van der Waals surface area contributed by atoms with Crippen molar-refractivity contribution in [2.75, 3.05) is 26.9 Å². The number of fused-ring (bicyclic) bond motifs is 1. The summed E-state index contributed by atoms with van der Waals surface area (Å²) in [7, 11) is 1.39. The highest BCUT2D eigenvalue weighted by molar-refractivity contribution is 6.06. The molecule has 174 valence electrons. The molecule has 1 aliphatic rings. The van der Waals surface area contributed by atoms with E-state index in [1.165, 1.54) is 7.11 Å². The van der Waals surface area contributed by atoms with Crippen molar-refractivity contribution in [3.63, 3.8) is 0 Å². The quantitative estimate of drug-likeness (QED) is 0.528. The Hall–Kier alpha value is -3.19. The molecule has 0 radical (unpaired) electrons. The van der Waals surface area contributed by atoms with Gasteiger partial charge in [-0.3, -0.25) is 9.48 Å². The van der Waals surface area contributed by atoms with Crippen LogP contribution in [0, 0.1) is 12.8 Å². The van der Waals surface area contributed by atoms with Crippen LogP contribution in [0.5, 0.6) is 0 Å². The first-order chi connectivity index (χ1) is 16.1. The zero-order valence-electron chi connectivity index (χ0n) is 19.3. The smallest absolute Gasteiger partial charge is 0.331 e. The van der Waals surface area contributed by atoms with Crippen molar-refractivity contribution in [2.45, 2.75) is 38.6 Å². The third kappa shape index (κ3) is 5.25. The molecule has 1 unspecified atom stereocenters. The van der Waals surface area contributed by atoms with Gasteiger partial charge in [0.05, 0.1) is 12.7 Å². The van der Waals surface area contributed by atoms with Gasteiger partial charge >= 0.3 is 5.97 Å². The minimum Gasteiger partial charge on any atom is -0.467 e. The van der Waals surface area contributed by atoms with Crippen molar-refractivity contribution in [3.05, 3.63) is 65.4 Å². The highest BCUT2D eigenvalue weighted by Crippen LogP contribution is 2.26. The average molecular weight is 450 g/mol. The summed E-state index contributed by atoms with van der Waals surface area (Å²) in [4.78, 5) is 25.7. The number of nitrogens with zero attached hydrogens (tertiary/aromatic N) is 2. The van der Waals surface area contributed by atoms with Gasteiger partial charge in [0.1, 0.15) is 5.52 Å². The SMILES string of the molecule is COC(=O)C(Cc1ccccc1)n1nc2c(C(=O)NCCC3CCOCC3)cccc2c1C. The molecule has 7 heteroatoms. The Bertz CT molecular complexity index is 1100. The van der Waals surface area contributed by atoms with E-state index in [4.69, 9.17) is 14.6 Å². The highest BCUT2D eigenvalue weighted by atomic mass is 16.5. The second-order valence-electron chi connectivity index (χ2n) is 8.56. The molecule has 3 aromatic rings. The van der Waals surface area contributed by atoms with Gasteiger partial charge in [-0.15, -0.1) is 0 Å². The van der Waals surface area contributed by atoms with Gasteiger partial charge in [0.25, 0.3) is 5.91 Å². The maximum Gasteiger partial charge on any atom is 0.331 e. The molecule has 0 saturated carbocycles. The van der Waals surface area contributed by atoms with Gasteiger partial charge < -0.3 is 14.8 Å². The molecule has 2 heterocycles. The van der Waals surface area contributed by atoms with E-state index < -0.39 is 6.04 Å². The first kappa shape index (κ1) is 23.0. The first-order valence-corrected chi connectivity index (χ1v) is 11.5. The molecule has 0 spiro atoms. The fourth-order valence-electron chi connectivity index (χ4n) is 4.50. The number of hydrogen-bond donors (Lipinski definition) is 1. The summed E-state index contributed by atoms with van der Waals surface area (Å²) in [6.07, 6.45) is 3.49. The molecule has 33 heavy (non-hydrogen) atoms. The summed E-state index contributed by atoms with van der Waals surface area (Å²) in [5, 5.41) is 8.64. The normalized spacial score (nSPS) is 15.3. The molecular formula is C26H31N3O4. The van der Waals surface area contributed by atoms with Crippen molar-refractivity contribution in [2.24, 2.45) is 5.92 Å². The Morgan fingerprint density at radius 2 is 1.91 bits per heavy atom. The van der Waals surface area contributed by atoms with E-state index in [1.807, 2.05) is 49.4 Å². The van der Waals surface area contributed by atoms with Crippen molar-refractivity contribution in [3.8, 4) is 0 Å². The summed E-state index contributed by atoms with van der Waals surface area (Å²) >= 11 is 0. The van der Waals surface area contributed by atoms with E-state index >= 15 is 0 Å². The molecule has 0 aliphatic carbocycles. The van der Waals surface area contributed by atoms with E-state index in [0.717, 1.165) is 49.1 Å². The molecular weight excluding hydrogens is 418 g/mol. The van der Waals surface area contributed by atoms with Crippen LogP contribution in [0.25, 0.3) is 10.9 Å². The van der Waals surface area contributed by atoms with E-state index in [9.17, 15) is 9.59 Å². The number of methoxy groups -OCH3 is 1. The molecule has 0 bridgehead atoms. The maximum absolute atomic E-state index is 13.0. The molecule has 1 saturated heterocycles. The van der Waals surface area contributed by atoms with E-state index in [1.54, 1.807) is 10.7 Å². The van der Waals surface area contributed by atoms with Gasteiger partial charge in [-0.25, -0.2) is 4.79 Å². The number of carbonyl (C=O) groups is 2. The topological polar surface area (TPSA) is 82.5 Å². The zero-order valence-corrected chi connectivity index (χ0v) is 19.3. The molecule has 2 aromatic carbocycles. The lowest BCUT2D eigenvalue weighted by molar-refractivity contribution is -0.144. The number of amides is 1. The molecule has 1 aromatic heterocycles. The number of carbonyl (C=O) groups excluding carboxylic acids is 2. The van der Waals surface area contributed by atoms with Crippen LogP contribution in [0.4, 0.5) is 0 Å². The number of nitrogens with one attached hydrogen (secondary N) is 1. The van der Waals surface area contributed by atoms with Gasteiger partial charge in [0, 0.05) is 37.3 Å². The summed E-state index contributed by atoms with van der Waals surface area (Å²) in [5.41, 5.74) is 2.95. The third-order valence-electron chi connectivity index (χ3n) is 6.44. The second-order valence-corrected chi connectivity index (χ2v) is 8.56. The Labute approximate surface area is 194 Å². The number of hydrogen-bond acceptors (Lipinski definition) is 5. The molecule has 7 nitrogen and oxygen atoms in total. The molecule has 1 atom stereocenters. The summed E-state index contributed by atoms with van der Waals surface area (Å²) in [6.45, 7) is 4.15. The molecule has 1 amide bonds. The van der Waals surface area contributed by atoms with Gasteiger partial charge in [0.2, 0.25) is 0 Å². The lowest BCUT2D eigenvalue weighted by Gasteiger charge is -2.21. The van der Waals surface area contributed by atoms with E-state index in [2.05, 4.69) is 5.32 Å². The Kier molecular flexibility index (Phi) is 7.40. The van der Waals surface area contributed by atoms with Crippen LogP contribution in [0.2, 0.25) is 0 Å². The van der Waals surface area contributed by atoms with Gasteiger partial charge in [-0.2, -0.15) is 5.10 Å². The maximum atomic E-state index is 13.0. The number of aryl methyl sites for hydroxylation is 1. The monoisotopic (exact) mass is 449 g/mol. The van der Waals surface area contributed by atoms with Crippen LogP contribution in [0.15, 0.2) is 48.5 Å². The summed E-state index contributed by atoms with van der Waals surface area (Å²) in [5.74, 6) is 0.0855. The molecule has 1 N–H and O–H groups in total. The number of benzene rings is 2. The minimum absolute atomic E-state index is 0.144. The molecule has 4 rings (SSSR count). The van der Waals surface area contributed by atoms with Crippen LogP contribution in [0.3, 0.4) is 0 Å². The number of rotatable bonds is 8. The fourth-order valence-corrected chi connectivity index (χ4v) is 4.50. The average Bonchev–Trinajstić information content (AvgIpc) is 3.19. The predicted octanol–water partition coefficient (Wildman–Crippen LogP) is 3.85. The zero-order chi connectivity index (χ0) is 23.2. The van der Waals surface area contributed by atoms with E-state index in [0.29, 0.717) is 30.0 Å². The Morgan fingerprint density at radius 1 is 1.15 bits per heavy atom. The van der Waals surface area contributed by atoms with Crippen molar-refractivity contribution >= 4 is 22.8 Å². The van der Waals surface area contributed by atoms with Crippen molar-refractivity contribution in [1.82, 2.24) is 15.1 Å². The lowest BCUT2D eigenvalue weighted by Crippen LogP contribution is -2.28. The van der Waals surface area contributed by atoms with Gasteiger partial charge in [0.15, 0.2) is 6.04 Å². The predicted molar refractivity (Wildman–Crippen MR) is 126 cm³/mol. The largest absolute Gasteiger partial charge is 0.467 e. The minimum atomic E-state index is -0.616.